The Morgan fingerprint density at radius 3 is 2.71 bits per heavy atom. The molecule has 0 unspecified atom stereocenters. The van der Waals surface area contributed by atoms with Crippen molar-refractivity contribution in [3.8, 4) is 5.75 Å². The van der Waals surface area contributed by atoms with Crippen molar-refractivity contribution < 1.29 is 9.90 Å². The van der Waals surface area contributed by atoms with Crippen molar-refractivity contribution in [1.29, 1.82) is 0 Å². The highest BCUT2D eigenvalue weighted by Gasteiger charge is 2.07. The summed E-state index contributed by atoms with van der Waals surface area (Å²) in [7, 11) is 0. The van der Waals surface area contributed by atoms with Crippen LogP contribution in [0, 0.1) is 0 Å². The maximum Gasteiger partial charge on any atom is 0.235 e. The molecule has 1 aromatic rings. The molecule has 0 aromatic heterocycles. The van der Waals surface area contributed by atoms with Gasteiger partial charge in [-0.2, -0.15) is 0 Å². The largest absolute Gasteiger partial charge is 0.507 e. The van der Waals surface area contributed by atoms with Crippen LogP contribution < -0.4 is 0 Å². The SMILES string of the molecule is CCc1cc(Cl)cc(CN=C=O)c1O. The Morgan fingerprint density at radius 1 is 1.50 bits per heavy atom. The predicted molar refractivity (Wildman–Crippen MR) is 54.3 cm³/mol. The Balaban J connectivity index is 3.14. The Labute approximate surface area is 87.0 Å². The van der Waals surface area contributed by atoms with Gasteiger partial charge in [-0.3, -0.25) is 0 Å². The first-order valence-electron chi connectivity index (χ1n) is 4.23. The molecule has 0 radical (unpaired) electrons. The van der Waals surface area contributed by atoms with E-state index in [-0.39, 0.29) is 12.3 Å². The molecule has 1 aromatic carbocycles. The zero-order valence-corrected chi connectivity index (χ0v) is 8.51. The Morgan fingerprint density at radius 2 is 2.14 bits per heavy atom. The molecule has 0 bridgehead atoms. The van der Waals surface area contributed by atoms with Gasteiger partial charge in [-0.25, -0.2) is 9.79 Å². The van der Waals surface area contributed by atoms with Crippen LogP contribution in [0.1, 0.15) is 18.1 Å². The minimum absolute atomic E-state index is 0.114. The van der Waals surface area contributed by atoms with Gasteiger partial charge in [0.05, 0.1) is 6.54 Å². The highest BCUT2D eigenvalue weighted by molar-refractivity contribution is 6.30. The number of phenols is 1. The lowest BCUT2D eigenvalue weighted by molar-refractivity contribution is 0.462. The second-order valence-corrected chi connectivity index (χ2v) is 3.27. The van der Waals surface area contributed by atoms with E-state index in [1.807, 2.05) is 6.92 Å². The fraction of sp³-hybridized carbons (Fsp3) is 0.300. The van der Waals surface area contributed by atoms with Crippen LogP contribution in [0.5, 0.6) is 5.75 Å². The van der Waals surface area contributed by atoms with Crippen LogP contribution in [0.4, 0.5) is 0 Å². The molecular weight excluding hydrogens is 202 g/mol. The summed E-state index contributed by atoms with van der Waals surface area (Å²) in [5.74, 6) is 0.163. The van der Waals surface area contributed by atoms with Gasteiger partial charge in [-0.15, -0.1) is 0 Å². The first-order valence-corrected chi connectivity index (χ1v) is 4.60. The quantitative estimate of drug-likeness (QED) is 0.617. The number of isocyanates is 1. The Bertz CT molecular complexity index is 384. The third-order valence-electron chi connectivity index (χ3n) is 1.93. The molecule has 1 N–H and O–H groups in total. The molecule has 0 aliphatic rings. The molecule has 0 aliphatic heterocycles. The van der Waals surface area contributed by atoms with Crippen LogP contribution in [-0.4, -0.2) is 11.2 Å². The molecule has 74 valence electrons. The summed E-state index contributed by atoms with van der Waals surface area (Å²) in [5.41, 5.74) is 1.31. The van der Waals surface area contributed by atoms with Gasteiger partial charge in [-0.1, -0.05) is 18.5 Å². The minimum Gasteiger partial charge on any atom is -0.507 e. The number of aliphatic imine (C=N–C) groups is 1. The van der Waals surface area contributed by atoms with E-state index in [9.17, 15) is 9.90 Å². The summed E-state index contributed by atoms with van der Waals surface area (Å²) < 4.78 is 0. The molecule has 0 amide bonds. The fourth-order valence-electron chi connectivity index (χ4n) is 1.22. The first-order chi connectivity index (χ1) is 6.69. The summed E-state index contributed by atoms with van der Waals surface area (Å²) in [6.07, 6.45) is 2.11. The lowest BCUT2D eigenvalue weighted by atomic mass is 10.1. The number of nitrogens with zero attached hydrogens (tertiary/aromatic N) is 1. The number of hydrogen-bond acceptors (Lipinski definition) is 3. The Kier molecular flexibility index (Phi) is 3.69. The van der Waals surface area contributed by atoms with Crippen LogP contribution in [0.2, 0.25) is 5.02 Å². The van der Waals surface area contributed by atoms with E-state index in [1.54, 1.807) is 12.1 Å². The number of phenolic OH excluding ortho intramolecular Hbond substituents is 1. The standard InChI is InChI=1S/C10H10ClNO2/c1-2-7-3-9(11)4-8(10(7)14)5-12-6-13/h3-4,14H,2,5H2,1H3. The summed E-state index contributed by atoms with van der Waals surface area (Å²) in [5, 5.41) is 10.2. The van der Waals surface area contributed by atoms with Crippen LogP contribution in [0.15, 0.2) is 17.1 Å². The van der Waals surface area contributed by atoms with Crippen molar-refractivity contribution in [3.05, 3.63) is 28.3 Å². The summed E-state index contributed by atoms with van der Waals surface area (Å²) in [6.45, 7) is 2.03. The van der Waals surface area contributed by atoms with Gasteiger partial charge in [-0.05, 0) is 24.1 Å². The van der Waals surface area contributed by atoms with Crippen molar-refractivity contribution in [2.75, 3.05) is 0 Å². The molecule has 1 rings (SSSR count). The normalized spacial score (nSPS) is 9.57. The van der Waals surface area contributed by atoms with E-state index < -0.39 is 0 Å². The monoisotopic (exact) mass is 211 g/mol. The van der Waals surface area contributed by atoms with Crippen LogP contribution in [0.3, 0.4) is 0 Å². The average molecular weight is 212 g/mol. The number of halogens is 1. The second-order valence-electron chi connectivity index (χ2n) is 2.83. The zero-order valence-electron chi connectivity index (χ0n) is 7.75. The van der Waals surface area contributed by atoms with Crippen LogP contribution >= 0.6 is 11.6 Å². The van der Waals surface area contributed by atoms with Gasteiger partial charge >= 0.3 is 0 Å². The highest BCUT2D eigenvalue weighted by atomic mass is 35.5. The molecule has 0 aliphatic carbocycles. The summed E-state index contributed by atoms with van der Waals surface area (Å²) in [4.78, 5) is 13.3. The van der Waals surface area contributed by atoms with Crippen molar-refractivity contribution in [2.24, 2.45) is 4.99 Å². The molecule has 0 atom stereocenters. The lowest BCUT2D eigenvalue weighted by Crippen LogP contribution is -1.89. The number of rotatable bonds is 3. The van der Waals surface area contributed by atoms with Crippen molar-refractivity contribution in [3.63, 3.8) is 0 Å². The topological polar surface area (TPSA) is 49.7 Å². The van der Waals surface area contributed by atoms with Crippen LogP contribution in [-0.2, 0) is 17.8 Å². The number of benzene rings is 1. The van der Waals surface area contributed by atoms with E-state index in [1.165, 1.54) is 6.08 Å². The van der Waals surface area contributed by atoms with E-state index >= 15 is 0 Å². The van der Waals surface area contributed by atoms with E-state index in [2.05, 4.69) is 4.99 Å². The fourth-order valence-corrected chi connectivity index (χ4v) is 1.49. The third kappa shape index (κ3) is 2.34. The van der Waals surface area contributed by atoms with Crippen molar-refractivity contribution in [1.82, 2.24) is 0 Å². The Hall–Kier alpha value is -1.31. The van der Waals surface area contributed by atoms with E-state index in [0.29, 0.717) is 17.0 Å². The van der Waals surface area contributed by atoms with Gasteiger partial charge < -0.3 is 5.11 Å². The molecule has 3 nitrogen and oxygen atoms in total. The highest BCUT2D eigenvalue weighted by Crippen LogP contribution is 2.27. The van der Waals surface area contributed by atoms with Gasteiger partial charge in [0, 0.05) is 10.6 Å². The average Bonchev–Trinajstić information content (AvgIpc) is 2.18. The van der Waals surface area contributed by atoms with Crippen LogP contribution in [0.25, 0.3) is 0 Å². The zero-order chi connectivity index (χ0) is 10.6. The van der Waals surface area contributed by atoms with Gasteiger partial charge in [0.2, 0.25) is 6.08 Å². The molecule has 0 spiro atoms. The molecule has 14 heavy (non-hydrogen) atoms. The third-order valence-corrected chi connectivity index (χ3v) is 2.15. The maximum absolute atomic E-state index is 9.92. The summed E-state index contributed by atoms with van der Waals surface area (Å²) in [6, 6.07) is 3.29. The first kappa shape index (κ1) is 10.8. The molecule has 4 heteroatoms. The molecule has 0 fully saturated rings. The van der Waals surface area contributed by atoms with Crippen molar-refractivity contribution >= 4 is 17.7 Å². The lowest BCUT2D eigenvalue weighted by Gasteiger charge is -2.06. The number of aryl methyl sites for hydroxylation is 1. The van der Waals surface area contributed by atoms with Gasteiger partial charge in [0.15, 0.2) is 0 Å². The van der Waals surface area contributed by atoms with Crippen molar-refractivity contribution in [2.45, 2.75) is 19.9 Å². The van der Waals surface area contributed by atoms with Gasteiger partial charge in [0.25, 0.3) is 0 Å². The number of hydrogen-bond donors (Lipinski definition) is 1. The van der Waals surface area contributed by atoms with E-state index in [0.717, 1.165) is 5.56 Å². The molecule has 0 saturated heterocycles. The smallest absolute Gasteiger partial charge is 0.235 e. The predicted octanol–water partition coefficient (Wildman–Crippen LogP) is 2.44. The number of carbonyl (C=O) groups excluding carboxylic acids is 1. The number of aromatic hydroxyl groups is 1. The summed E-state index contributed by atoms with van der Waals surface area (Å²) >= 11 is 5.83. The second kappa shape index (κ2) is 4.80. The maximum atomic E-state index is 9.92. The van der Waals surface area contributed by atoms with Gasteiger partial charge in [0.1, 0.15) is 5.75 Å². The minimum atomic E-state index is 0.114. The molecular formula is C10H10ClNO2. The van der Waals surface area contributed by atoms with E-state index in [4.69, 9.17) is 11.6 Å². The molecule has 0 saturated carbocycles. The molecule has 0 heterocycles.